The summed E-state index contributed by atoms with van der Waals surface area (Å²) >= 11 is 0. The molecule has 1 aliphatic heterocycles. The van der Waals surface area contributed by atoms with E-state index in [0.29, 0.717) is 12.1 Å². The third-order valence-corrected chi connectivity index (χ3v) is 4.99. The highest BCUT2D eigenvalue weighted by Crippen LogP contribution is 2.23. The maximum Gasteiger partial charge on any atom is 0.573 e. The average Bonchev–Trinajstić information content (AvgIpc) is 3.45. The molecule has 1 aliphatic rings. The van der Waals surface area contributed by atoms with E-state index in [1.807, 2.05) is 12.1 Å². The van der Waals surface area contributed by atoms with Gasteiger partial charge in [-0.1, -0.05) is 18.2 Å². The standard InChI is InChI=1S/C22H21F3N4O3/c23-22(24,25)32-17-6-3-15(4-7-17)11-20-28-18(14-31-20)21(30)27-13-16-5-8-19(26-12-16)29-9-1-2-10-29/h3-8,12,14H,1-2,9-11,13H2,(H,27,30). The Morgan fingerprint density at radius 1 is 1.09 bits per heavy atom. The second-order valence-electron chi connectivity index (χ2n) is 7.40. The van der Waals surface area contributed by atoms with Gasteiger partial charge >= 0.3 is 6.36 Å². The van der Waals surface area contributed by atoms with Crippen LogP contribution in [0.1, 0.15) is 40.3 Å². The van der Waals surface area contributed by atoms with Crippen LogP contribution in [0.5, 0.6) is 5.75 Å². The lowest BCUT2D eigenvalue weighted by Crippen LogP contribution is -2.23. The molecule has 168 valence electrons. The molecule has 1 saturated heterocycles. The molecule has 7 nitrogen and oxygen atoms in total. The zero-order chi connectivity index (χ0) is 22.6. The maximum atomic E-state index is 12.4. The summed E-state index contributed by atoms with van der Waals surface area (Å²) in [5, 5.41) is 2.77. The van der Waals surface area contributed by atoms with E-state index in [1.165, 1.54) is 43.4 Å². The first-order chi connectivity index (χ1) is 15.4. The first-order valence-corrected chi connectivity index (χ1v) is 10.1. The zero-order valence-corrected chi connectivity index (χ0v) is 17.1. The van der Waals surface area contributed by atoms with Gasteiger partial charge in [0, 0.05) is 32.3 Å². The predicted octanol–water partition coefficient (Wildman–Crippen LogP) is 4.09. The lowest BCUT2D eigenvalue weighted by atomic mass is 10.1. The molecule has 1 fully saturated rings. The molecule has 0 saturated carbocycles. The number of anilines is 1. The quantitative estimate of drug-likeness (QED) is 0.589. The summed E-state index contributed by atoms with van der Waals surface area (Å²) < 4.78 is 45.9. The topological polar surface area (TPSA) is 80.5 Å². The minimum atomic E-state index is -4.74. The summed E-state index contributed by atoms with van der Waals surface area (Å²) in [5.41, 5.74) is 1.65. The summed E-state index contributed by atoms with van der Waals surface area (Å²) in [5.74, 6) is 0.516. The van der Waals surface area contributed by atoms with Gasteiger partial charge in [-0.2, -0.15) is 0 Å². The second kappa shape index (κ2) is 9.29. The fraction of sp³-hybridized carbons (Fsp3) is 0.318. The molecular weight excluding hydrogens is 425 g/mol. The number of nitrogens with zero attached hydrogens (tertiary/aromatic N) is 3. The van der Waals surface area contributed by atoms with Gasteiger partial charge in [0.1, 0.15) is 17.8 Å². The molecule has 4 rings (SSSR count). The van der Waals surface area contributed by atoms with Crippen molar-refractivity contribution in [2.24, 2.45) is 0 Å². The van der Waals surface area contributed by atoms with Gasteiger partial charge in [0.2, 0.25) is 0 Å². The van der Waals surface area contributed by atoms with E-state index in [-0.39, 0.29) is 23.8 Å². The lowest BCUT2D eigenvalue weighted by molar-refractivity contribution is -0.274. The van der Waals surface area contributed by atoms with E-state index in [1.54, 1.807) is 6.20 Å². The van der Waals surface area contributed by atoms with Crippen molar-refractivity contribution in [3.05, 3.63) is 71.6 Å². The highest BCUT2D eigenvalue weighted by Gasteiger charge is 2.31. The Kier molecular flexibility index (Phi) is 6.29. The van der Waals surface area contributed by atoms with E-state index in [0.717, 1.165) is 24.5 Å². The van der Waals surface area contributed by atoms with E-state index < -0.39 is 12.3 Å². The van der Waals surface area contributed by atoms with Crippen molar-refractivity contribution in [1.82, 2.24) is 15.3 Å². The van der Waals surface area contributed by atoms with Gasteiger partial charge in [-0.3, -0.25) is 4.79 Å². The Morgan fingerprint density at radius 2 is 1.81 bits per heavy atom. The van der Waals surface area contributed by atoms with Crippen molar-refractivity contribution >= 4 is 11.7 Å². The molecule has 0 aliphatic carbocycles. The van der Waals surface area contributed by atoms with E-state index in [9.17, 15) is 18.0 Å². The van der Waals surface area contributed by atoms with Crippen LogP contribution in [0.2, 0.25) is 0 Å². The number of hydrogen-bond donors (Lipinski definition) is 1. The summed E-state index contributed by atoms with van der Waals surface area (Å²) in [4.78, 5) is 23.2. The fourth-order valence-electron chi connectivity index (χ4n) is 3.41. The van der Waals surface area contributed by atoms with Crippen LogP contribution in [0.3, 0.4) is 0 Å². The number of nitrogens with one attached hydrogen (secondary N) is 1. The van der Waals surface area contributed by atoms with Gasteiger partial charge in [-0.15, -0.1) is 13.2 Å². The molecule has 3 aromatic rings. The van der Waals surface area contributed by atoms with E-state index in [2.05, 4.69) is 24.9 Å². The molecule has 1 N–H and O–H groups in total. The van der Waals surface area contributed by atoms with Gasteiger partial charge in [0.15, 0.2) is 11.6 Å². The zero-order valence-electron chi connectivity index (χ0n) is 17.1. The molecule has 0 unspecified atom stereocenters. The summed E-state index contributed by atoms with van der Waals surface area (Å²) in [6.45, 7) is 2.33. The van der Waals surface area contributed by atoms with Crippen LogP contribution in [0.25, 0.3) is 0 Å². The number of amides is 1. The monoisotopic (exact) mass is 446 g/mol. The van der Waals surface area contributed by atoms with Crippen molar-refractivity contribution in [3.8, 4) is 5.75 Å². The van der Waals surface area contributed by atoms with Gasteiger partial charge < -0.3 is 19.4 Å². The first kappa shape index (κ1) is 21.7. The Balaban J connectivity index is 1.29. The average molecular weight is 446 g/mol. The Bertz CT molecular complexity index is 1040. The molecule has 10 heteroatoms. The molecule has 2 aromatic heterocycles. The Labute approximate surface area is 182 Å². The molecule has 1 aromatic carbocycles. The van der Waals surface area contributed by atoms with Crippen LogP contribution in [0.4, 0.5) is 19.0 Å². The van der Waals surface area contributed by atoms with E-state index >= 15 is 0 Å². The molecule has 1 amide bonds. The third kappa shape index (κ3) is 5.77. The van der Waals surface area contributed by atoms with Crippen LogP contribution in [-0.2, 0) is 13.0 Å². The summed E-state index contributed by atoms with van der Waals surface area (Å²) in [6.07, 6.45) is 0.836. The van der Waals surface area contributed by atoms with Gasteiger partial charge in [0.05, 0.1) is 0 Å². The normalized spacial score (nSPS) is 13.9. The smallest absolute Gasteiger partial charge is 0.448 e. The Morgan fingerprint density at radius 3 is 2.47 bits per heavy atom. The number of benzene rings is 1. The van der Waals surface area contributed by atoms with Crippen LogP contribution >= 0.6 is 0 Å². The predicted molar refractivity (Wildman–Crippen MR) is 109 cm³/mol. The van der Waals surface area contributed by atoms with Gasteiger partial charge in [0.25, 0.3) is 5.91 Å². The number of rotatable bonds is 7. The number of oxazole rings is 1. The number of carbonyl (C=O) groups is 1. The molecule has 32 heavy (non-hydrogen) atoms. The molecule has 0 bridgehead atoms. The molecule has 0 spiro atoms. The van der Waals surface area contributed by atoms with Crippen LogP contribution in [0.15, 0.2) is 53.3 Å². The number of carbonyl (C=O) groups excluding carboxylic acids is 1. The van der Waals surface area contributed by atoms with Crippen molar-refractivity contribution < 1.29 is 27.1 Å². The van der Waals surface area contributed by atoms with Crippen LogP contribution in [-0.4, -0.2) is 35.3 Å². The second-order valence-corrected chi connectivity index (χ2v) is 7.40. The highest BCUT2D eigenvalue weighted by atomic mass is 19.4. The number of halogens is 3. The number of hydrogen-bond acceptors (Lipinski definition) is 6. The number of aromatic nitrogens is 2. The summed E-state index contributed by atoms with van der Waals surface area (Å²) in [7, 11) is 0. The maximum absolute atomic E-state index is 12.4. The largest absolute Gasteiger partial charge is 0.573 e. The van der Waals surface area contributed by atoms with Gasteiger partial charge in [-0.25, -0.2) is 9.97 Å². The number of alkyl halides is 3. The molecule has 0 atom stereocenters. The summed E-state index contributed by atoms with van der Waals surface area (Å²) in [6, 6.07) is 9.26. The molecule has 3 heterocycles. The fourth-order valence-corrected chi connectivity index (χ4v) is 3.41. The highest BCUT2D eigenvalue weighted by molar-refractivity contribution is 5.91. The van der Waals surface area contributed by atoms with Gasteiger partial charge in [-0.05, 0) is 42.2 Å². The molecular formula is C22H21F3N4O3. The number of pyridine rings is 1. The molecule has 0 radical (unpaired) electrons. The minimum Gasteiger partial charge on any atom is -0.448 e. The number of ether oxygens (including phenoxy) is 1. The first-order valence-electron chi connectivity index (χ1n) is 10.1. The van der Waals surface area contributed by atoms with Crippen LogP contribution < -0.4 is 15.0 Å². The van der Waals surface area contributed by atoms with Crippen molar-refractivity contribution in [2.45, 2.75) is 32.2 Å². The van der Waals surface area contributed by atoms with Crippen LogP contribution in [0, 0.1) is 0 Å². The van der Waals surface area contributed by atoms with Crippen molar-refractivity contribution in [2.75, 3.05) is 18.0 Å². The third-order valence-electron chi connectivity index (χ3n) is 4.99. The minimum absolute atomic E-state index is 0.124. The lowest BCUT2D eigenvalue weighted by Gasteiger charge is -2.16. The SMILES string of the molecule is O=C(NCc1ccc(N2CCCC2)nc1)c1coc(Cc2ccc(OC(F)(F)F)cc2)n1. The van der Waals surface area contributed by atoms with Crippen molar-refractivity contribution in [1.29, 1.82) is 0 Å². The van der Waals surface area contributed by atoms with Crippen molar-refractivity contribution in [3.63, 3.8) is 0 Å². The Hall–Kier alpha value is -3.56. The van der Waals surface area contributed by atoms with E-state index in [4.69, 9.17) is 4.42 Å².